The van der Waals surface area contributed by atoms with Crippen molar-refractivity contribution in [1.82, 2.24) is 14.7 Å². The van der Waals surface area contributed by atoms with Crippen molar-refractivity contribution in [1.29, 1.82) is 0 Å². The molecule has 4 N–H and O–H groups in total. The van der Waals surface area contributed by atoms with E-state index in [1.165, 1.54) is 10.9 Å². The molecule has 0 aliphatic carbocycles. The SMILES string of the molecule is CCN(C)C(=O)Cn1cc(N)c(C(N)=O)n1. The van der Waals surface area contributed by atoms with Crippen molar-refractivity contribution in [3.63, 3.8) is 0 Å². The van der Waals surface area contributed by atoms with Crippen LogP contribution in [0.15, 0.2) is 6.20 Å². The van der Waals surface area contributed by atoms with E-state index >= 15 is 0 Å². The highest BCUT2D eigenvalue weighted by Crippen LogP contribution is 2.07. The summed E-state index contributed by atoms with van der Waals surface area (Å²) in [4.78, 5) is 24.0. The first kappa shape index (κ1) is 12.0. The van der Waals surface area contributed by atoms with Gasteiger partial charge in [-0.2, -0.15) is 5.10 Å². The van der Waals surface area contributed by atoms with Gasteiger partial charge in [0.25, 0.3) is 5.91 Å². The van der Waals surface area contributed by atoms with Gasteiger partial charge < -0.3 is 16.4 Å². The molecule has 0 saturated heterocycles. The molecule has 0 unspecified atom stereocenters. The second kappa shape index (κ2) is 4.65. The van der Waals surface area contributed by atoms with Crippen LogP contribution in [-0.2, 0) is 11.3 Å². The minimum absolute atomic E-state index is 0.00745. The Bertz CT molecular complexity index is 412. The lowest BCUT2D eigenvalue weighted by molar-refractivity contribution is -0.130. The first-order valence-corrected chi connectivity index (χ1v) is 4.82. The van der Waals surface area contributed by atoms with Crippen LogP contribution in [0.4, 0.5) is 5.69 Å². The van der Waals surface area contributed by atoms with Crippen molar-refractivity contribution in [3.05, 3.63) is 11.9 Å². The lowest BCUT2D eigenvalue weighted by Gasteiger charge is -2.13. The molecule has 0 bridgehead atoms. The van der Waals surface area contributed by atoms with Crippen LogP contribution in [0.3, 0.4) is 0 Å². The van der Waals surface area contributed by atoms with Crippen LogP contribution in [0.2, 0.25) is 0 Å². The first-order chi connectivity index (χ1) is 7.45. The lowest BCUT2D eigenvalue weighted by Crippen LogP contribution is -2.30. The van der Waals surface area contributed by atoms with Gasteiger partial charge in [0.15, 0.2) is 5.69 Å². The lowest BCUT2D eigenvalue weighted by atomic mass is 10.4. The largest absolute Gasteiger partial charge is 0.396 e. The van der Waals surface area contributed by atoms with Crippen molar-refractivity contribution in [2.24, 2.45) is 5.73 Å². The summed E-state index contributed by atoms with van der Waals surface area (Å²) in [7, 11) is 1.68. The van der Waals surface area contributed by atoms with Crippen molar-refractivity contribution in [2.45, 2.75) is 13.5 Å². The summed E-state index contributed by atoms with van der Waals surface area (Å²) >= 11 is 0. The number of amides is 2. The van der Waals surface area contributed by atoms with Gasteiger partial charge in [-0.3, -0.25) is 14.3 Å². The second-order valence-electron chi connectivity index (χ2n) is 3.40. The predicted molar refractivity (Wildman–Crippen MR) is 58.5 cm³/mol. The van der Waals surface area contributed by atoms with E-state index in [1.54, 1.807) is 11.9 Å². The molecule has 16 heavy (non-hydrogen) atoms. The maximum atomic E-state index is 11.5. The van der Waals surface area contributed by atoms with E-state index in [0.717, 1.165) is 0 Å². The molecule has 2 amide bonds. The number of likely N-dealkylation sites (N-methyl/N-ethyl adjacent to an activating group) is 1. The van der Waals surface area contributed by atoms with E-state index in [1.807, 2.05) is 6.92 Å². The highest BCUT2D eigenvalue weighted by molar-refractivity contribution is 5.95. The standard InChI is InChI=1S/C9H15N5O2/c1-3-13(2)7(15)5-14-4-6(10)8(12-14)9(11)16/h4H,3,5,10H2,1-2H3,(H2,11,16). The van der Waals surface area contributed by atoms with Crippen molar-refractivity contribution in [2.75, 3.05) is 19.3 Å². The fraction of sp³-hybridized carbons (Fsp3) is 0.444. The van der Waals surface area contributed by atoms with Gasteiger partial charge in [-0.15, -0.1) is 0 Å². The number of primary amides is 1. The van der Waals surface area contributed by atoms with E-state index < -0.39 is 5.91 Å². The Morgan fingerprint density at radius 2 is 2.19 bits per heavy atom. The number of aromatic nitrogens is 2. The van der Waals surface area contributed by atoms with Crippen LogP contribution < -0.4 is 11.5 Å². The molecule has 0 aliphatic heterocycles. The Kier molecular flexibility index (Phi) is 3.49. The fourth-order valence-electron chi connectivity index (χ4n) is 1.14. The zero-order chi connectivity index (χ0) is 12.3. The number of nitrogens with zero attached hydrogens (tertiary/aromatic N) is 3. The van der Waals surface area contributed by atoms with Gasteiger partial charge in [0.2, 0.25) is 5.91 Å². The third-order valence-electron chi connectivity index (χ3n) is 2.22. The van der Waals surface area contributed by atoms with Gasteiger partial charge in [0.05, 0.1) is 5.69 Å². The highest BCUT2D eigenvalue weighted by Gasteiger charge is 2.14. The third-order valence-corrected chi connectivity index (χ3v) is 2.22. The number of hydrogen-bond donors (Lipinski definition) is 2. The fourth-order valence-corrected chi connectivity index (χ4v) is 1.14. The van der Waals surface area contributed by atoms with Crippen LogP contribution in [0.25, 0.3) is 0 Å². The maximum Gasteiger partial charge on any atom is 0.271 e. The van der Waals surface area contributed by atoms with Gasteiger partial charge >= 0.3 is 0 Å². The predicted octanol–water partition coefficient (Wildman–Crippen LogP) is -0.957. The van der Waals surface area contributed by atoms with Gasteiger partial charge in [0, 0.05) is 19.8 Å². The number of carbonyl (C=O) groups excluding carboxylic acids is 2. The molecule has 0 atom stereocenters. The summed E-state index contributed by atoms with van der Waals surface area (Å²) in [5.41, 5.74) is 10.7. The Morgan fingerprint density at radius 3 is 2.62 bits per heavy atom. The summed E-state index contributed by atoms with van der Waals surface area (Å²) in [6.45, 7) is 2.52. The zero-order valence-corrected chi connectivity index (χ0v) is 9.30. The van der Waals surface area contributed by atoms with Crippen molar-refractivity contribution < 1.29 is 9.59 Å². The number of rotatable bonds is 4. The van der Waals surface area contributed by atoms with Gasteiger partial charge in [0.1, 0.15) is 6.54 Å². The number of nitrogens with two attached hydrogens (primary N) is 2. The van der Waals surface area contributed by atoms with Gasteiger partial charge in [-0.05, 0) is 6.92 Å². The molecule has 0 saturated carbocycles. The van der Waals surface area contributed by atoms with E-state index in [2.05, 4.69) is 5.10 Å². The molecule has 1 heterocycles. The third kappa shape index (κ3) is 2.50. The van der Waals surface area contributed by atoms with E-state index in [-0.39, 0.29) is 23.8 Å². The van der Waals surface area contributed by atoms with E-state index in [9.17, 15) is 9.59 Å². The average Bonchev–Trinajstić information content (AvgIpc) is 2.58. The number of carbonyl (C=O) groups is 2. The molecule has 88 valence electrons. The van der Waals surface area contributed by atoms with Crippen LogP contribution in [0.1, 0.15) is 17.4 Å². The molecule has 0 radical (unpaired) electrons. The van der Waals surface area contributed by atoms with Crippen molar-refractivity contribution >= 4 is 17.5 Å². The average molecular weight is 225 g/mol. The molecule has 1 rings (SSSR count). The van der Waals surface area contributed by atoms with E-state index in [4.69, 9.17) is 11.5 Å². The Labute approximate surface area is 93.0 Å². The second-order valence-corrected chi connectivity index (χ2v) is 3.40. The molecular formula is C9H15N5O2. The summed E-state index contributed by atoms with van der Waals surface area (Å²) in [5.74, 6) is -0.812. The summed E-state index contributed by atoms with van der Waals surface area (Å²) in [5, 5.41) is 3.84. The highest BCUT2D eigenvalue weighted by atomic mass is 16.2. The number of hydrogen-bond acceptors (Lipinski definition) is 4. The Hall–Kier alpha value is -2.05. The maximum absolute atomic E-state index is 11.5. The number of nitrogen functional groups attached to an aromatic ring is 1. The zero-order valence-electron chi connectivity index (χ0n) is 9.30. The summed E-state index contributed by atoms with van der Waals surface area (Å²) in [6.07, 6.45) is 1.42. The Morgan fingerprint density at radius 1 is 1.56 bits per heavy atom. The van der Waals surface area contributed by atoms with Crippen molar-refractivity contribution in [3.8, 4) is 0 Å². The summed E-state index contributed by atoms with van der Waals surface area (Å²) in [6, 6.07) is 0. The van der Waals surface area contributed by atoms with Gasteiger partial charge in [-0.25, -0.2) is 0 Å². The quantitative estimate of drug-likeness (QED) is 0.688. The molecule has 0 aromatic carbocycles. The van der Waals surface area contributed by atoms with Crippen LogP contribution in [0, 0.1) is 0 Å². The molecule has 0 spiro atoms. The molecule has 0 fully saturated rings. The van der Waals surface area contributed by atoms with Gasteiger partial charge in [-0.1, -0.05) is 0 Å². The molecule has 1 aromatic heterocycles. The molecule has 7 heteroatoms. The van der Waals surface area contributed by atoms with Crippen LogP contribution in [-0.4, -0.2) is 40.1 Å². The van der Waals surface area contributed by atoms with Crippen LogP contribution in [0.5, 0.6) is 0 Å². The first-order valence-electron chi connectivity index (χ1n) is 4.82. The number of anilines is 1. The van der Waals surface area contributed by atoms with Crippen LogP contribution >= 0.6 is 0 Å². The molecule has 1 aromatic rings. The molecule has 0 aliphatic rings. The molecular weight excluding hydrogens is 210 g/mol. The van der Waals surface area contributed by atoms with E-state index in [0.29, 0.717) is 6.54 Å². The summed E-state index contributed by atoms with van der Waals surface area (Å²) < 4.78 is 1.31. The minimum atomic E-state index is -0.701. The monoisotopic (exact) mass is 225 g/mol. The topological polar surface area (TPSA) is 107 Å². The minimum Gasteiger partial charge on any atom is -0.396 e. The molecule has 7 nitrogen and oxygen atoms in total. The smallest absolute Gasteiger partial charge is 0.271 e. The Balaban J connectivity index is 2.79. The normalized spacial score (nSPS) is 10.1.